The van der Waals surface area contributed by atoms with Crippen molar-refractivity contribution in [1.82, 2.24) is 9.38 Å². The van der Waals surface area contributed by atoms with Crippen molar-refractivity contribution in [1.29, 1.82) is 0 Å². The van der Waals surface area contributed by atoms with Gasteiger partial charge < -0.3 is 20.1 Å². The van der Waals surface area contributed by atoms with Gasteiger partial charge in [-0.05, 0) is 23.7 Å². The number of hydrogen-bond acceptors (Lipinski definition) is 6. The van der Waals surface area contributed by atoms with Crippen molar-refractivity contribution in [2.75, 3.05) is 18.5 Å². The van der Waals surface area contributed by atoms with Gasteiger partial charge in [0, 0.05) is 19.0 Å². The molecule has 0 amide bonds. The van der Waals surface area contributed by atoms with E-state index in [9.17, 15) is 15.2 Å². The van der Waals surface area contributed by atoms with Crippen LogP contribution in [0.3, 0.4) is 0 Å². The van der Waals surface area contributed by atoms with Gasteiger partial charge in [0.2, 0.25) is 5.82 Å². The molecule has 1 fully saturated rings. The first-order valence-electron chi connectivity index (χ1n) is 6.05. The van der Waals surface area contributed by atoms with Crippen molar-refractivity contribution in [3.63, 3.8) is 0 Å². The van der Waals surface area contributed by atoms with Gasteiger partial charge in [-0.15, -0.1) is 0 Å². The number of aliphatic hydroxyl groups is 1. The number of fused-ring (bicyclic) bond motifs is 1. The SMILES string of the molecule is CN(CC1CC(O)C1)c1nc2sccn2c1[N+](=O)[O-]. The molecule has 0 saturated heterocycles. The Morgan fingerprint density at radius 2 is 2.42 bits per heavy atom. The third-order valence-electron chi connectivity index (χ3n) is 3.50. The lowest BCUT2D eigenvalue weighted by Crippen LogP contribution is -2.37. The predicted octanol–water partition coefficient (Wildman–Crippen LogP) is 1.51. The zero-order chi connectivity index (χ0) is 13.6. The Hall–Kier alpha value is -1.67. The van der Waals surface area contributed by atoms with Gasteiger partial charge in [-0.25, -0.2) is 0 Å². The topological polar surface area (TPSA) is 83.9 Å². The quantitative estimate of drug-likeness (QED) is 0.679. The van der Waals surface area contributed by atoms with Crippen LogP contribution in [0.5, 0.6) is 0 Å². The fourth-order valence-corrected chi connectivity index (χ4v) is 3.22. The second-order valence-corrected chi connectivity index (χ2v) is 5.82. The number of anilines is 1. The summed E-state index contributed by atoms with van der Waals surface area (Å²) >= 11 is 1.38. The Bertz CT molecular complexity index is 617. The third-order valence-corrected chi connectivity index (χ3v) is 4.25. The molecule has 1 aliphatic carbocycles. The van der Waals surface area contributed by atoms with Crippen LogP contribution in [0.25, 0.3) is 4.96 Å². The number of nitro groups is 1. The van der Waals surface area contributed by atoms with Gasteiger partial charge in [0.25, 0.3) is 4.96 Å². The normalized spacial score (nSPS) is 22.4. The van der Waals surface area contributed by atoms with Crippen molar-refractivity contribution in [3.8, 4) is 0 Å². The van der Waals surface area contributed by atoms with Gasteiger partial charge in [-0.3, -0.25) is 0 Å². The second-order valence-electron chi connectivity index (χ2n) is 4.94. The highest BCUT2D eigenvalue weighted by atomic mass is 32.1. The first-order valence-corrected chi connectivity index (χ1v) is 6.93. The van der Waals surface area contributed by atoms with E-state index in [2.05, 4.69) is 4.98 Å². The summed E-state index contributed by atoms with van der Waals surface area (Å²) in [6.07, 6.45) is 2.98. The molecule has 8 heteroatoms. The molecule has 1 saturated carbocycles. The minimum Gasteiger partial charge on any atom is -0.393 e. The van der Waals surface area contributed by atoms with Crippen LogP contribution in [0.2, 0.25) is 0 Å². The number of aromatic nitrogens is 2. The lowest BCUT2D eigenvalue weighted by atomic mass is 9.82. The van der Waals surface area contributed by atoms with E-state index in [0.717, 1.165) is 12.8 Å². The molecule has 19 heavy (non-hydrogen) atoms. The maximum atomic E-state index is 11.2. The summed E-state index contributed by atoms with van der Waals surface area (Å²) in [5, 5.41) is 22.3. The molecule has 3 rings (SSSR count). The Kier molecular flexibility index (Phi) is 2.90. The van der Waals surface area contributed by atoms with Gasteiger partial charge in [0.15, 0.2) is 0 Å². The fraction of sp³-hybridized carbons (Fsp3) is 0.545. The van der Waals surface area contributed by atoms with Gasteiger partial charge in [0.05, 0.1) is 6.10 Å². The third kappa shape index (κ3) is 2.06. The maximum Gasteiger partial charge on any atom is 0.373 e. The van der Waals surface area contributed by atoms with Crippen molar-refractivity contribution < 1.29 is 10.0 Å². The molecule has 1 aliphatic rings. The van der Waals surface area contributed by atoms with Crippen LogP contribution in [0.15, 0.2) is 11.6 Å². The maximum absolute atomic E-state index is 11.2. The minimum atomic E-state index is -0.395. The molecule has 0 bridgehead atoms. The minimum absolute atomic E-state index is 0.0126. The average Bonchev–Trinajstić information content (AvgIpc) is 2.84. The molecule has 2 aromatic rings. The summed E-state index contributed by atoms with van der Waals surface area (Å²) in [6.45, 7) is 0.683. The molecule has 0 spiro atoms. The molecule has 0 aromatic carbocycles. The highest BCUT2D eigenvalue weighted by molar-refractivity contribution is 7.15. The Labute approximate surface area is 113 Å². The number of aliphatic hydroxyl groups excluding tert-OH is 1. The van der Waals surface area contributed by atoms with Gasteiger partial charge in [0.1, 0.15) is 6.20 Å². The van der Waals surface area contributed by atoms with E-state index >= 15 is 0 Å². The Morgan fingerprint density at radius 3 is 3.05 bits per heavy atom. The van der Waals surface area contributed by atoms with E-state index in [1.165, 1.54) is 15.7 Å². The zero-order valence-electron chi connectivity index (χ0n) is 10.4. The van der Waals surface area contributed by atoms with Crippen molar-refractivity contribution in [2.45, 2.75) is 18.9 Å². The van der Waals surface area contributed by atoms with Crippen LogP contribution < -0.4 is 4.90 Å². The van der Waals surface area contributed by atoms with E-state index in [4.69, 9.17) is 0 Å². The number of thiazole rings is 1. The van der Waals surface area contributed by atoms with Crippen LogP contribution in [0.4, 0.5) is 11.6 Å². The first-order chi connectivity index (χ1) is 9.06. The molecular weight excluding hydrogens is 268 g/mol. The Morgan fingerprint density at radius 1 is 1.68 bits per heavy atom. The summed E-state index contributed by atoms with van der Waals surface area (Å²) in [5.41, 5.74) is 0. The lowest BCUT2D eigenvalue weighted by Gasteiger charge is -2.34. The van der Waals surface area contributed by atoms with E-state index in [1.807, 2.05) is 11.9 Å². The molecule has 2 aromatic heterocycles. The average molecular weight is 282 g/mol. The molecule has 1 N–H and O–H groups in total. The van der Waals surface area contributed by atoms with Crippen molar-refractivity contribution >= 4 is 27.9 Å². The molecule has 0 atom stereocenters. The molecule has 2 heterocycles. The molecule has 0 unspecified atom stereocenters. The lowest BCUT2D eigenvalue weighted by molar-refractivity contribution is -0.389. The summed E-state index contributed by atoms with van der Waals surface area (Å²) in [6, 6.07) is 0. The van der Waals surface area contributed by atoms with Crippen molar-refractivity contribution in [2.24, 2.45) is 5.92 Å². The predicted molar refractivity (Wildman–Crippen MR) is 71.7 cm³/mol. The highest BCUT2D eigenvalue weighted by Crippen LogP contribution is 2.33. The molecule has 102 valence electrons. The number of imidazole rings is 1. The van der Waals surface area contributed by atoms with Gasteiger partial charge in [-0.2, -0.15) is 9.38 Å². The van der Waals surface area contributed by atoms with E-state index in [-0.39, 0.29) is 11.9 Å². The van der Waals surface area contributed by atoms with E-state index < -0.39 is 4.92 Å². The zero-order valence-corrected chi connectivity index (χ0v) is 11.2. The smallest absolute Gasteiger partial charge is 0.373 e. The summed E-state index contributed by atoms with van der Waals surface area (Å²) in [5.74, 6) is 0.802. The fourth-order valence-electron chi connectivity index (χ4n) is 2.51. The van der Waals surface area contributed by atoms with Crippen LogP contribution in [-0.2, 0) is 0 Å². The van der Waals surface area contributed by atoms with Crippen LogP contribution in [-0.4, -0.2) is 39.1 Å². The largest absolute Gasteiger partial charge is 0.393 e. The summed E-state index contributed by atoms with van der Waals surface area (Å²) in [7, 11) is 1.81. The molecule has 0 radical (unpaired) electrons. The van der Waals surface area contributed by atoms with Crippen molar-refractivity contribution in [3.05, 3.63) is 21.7 Å². The standard InChI is InChI=1S/C11H14N4O3S/c1-13(6-7-4-8(16)5-7)9-10(15(17)18)14-2-3-19-11(14)12-9/h2-3,7-8,16H,4-6H2,1H3. The monoisotopic (exact) mass is 282 g/mol. The highest BCUT2D eigenvalue weighted by Gasteiger charge is 2.32. The Balaban J connectivity index is 1.88. The first kappa shape index (κ1) is 12.4. The van der Waals surface area contributed by atoms with Gasteiger partial charge in [-0.1, -0.05) is 11.3 Å². The number of nitrogens with zero attached hydrogens (tertiary/aromatic N) is 4. The van der Waals surface area contributed by atoms with Gasteiger partial charge >= 0.3 is 5.82 Å². The van der Waals surface area contributed by atoms with E-state index in [1.54, 1.807) is 11.6 Å². The second kappa shape index (κ2) is 4.46. The summed E-state index contributed by atoms with van der Waals surface area (Å²) < 4.78 is 1.51. The molecular formula is C11H14N4O3S. The molecule has 0 aliphatic heterocycles. The van der Waals surface area contributed by atoms with Crippen LogP contribution in [0, 0.1) is 16.0 Å². The van der Waals surface area contributed by atoms with E-state index in [0.29, 0.717) is 23.2 Å². The summed E-state index contributed by atoms with van der Waals surface area (Å²) in [4.78, 5) is 17.6. The van der Waals surface area contributed by atoms with Crippen LogP contribution in [0.1, 0.15) is 12.8 Å². The number of hydrogen-bond donors (Lipinski definition) is 1. The molecule has 7 nitrogen and oxygen atoms in total. The van der Waals surface area contributed by atoms with Crippen LogP contribution >= 0.6 is 11.3 Å². The number of rotatable bonds is 4.